The van der Waals surface area contributed by atoms with Gasteiger partial charge in [0.15, 0.2) is 0 Å². The molecular formula is C29H40N4O2S. The van der Waals surface area contributed by atoms with Crippen LogP contribution in [-0.4, -0.2) is 45.5 Å². The molecule has 3 aromatic rings. The molecule has 0 saturated carbocycles. The average Bonchev–Trinajstić information content (AvgIpc) is 3.46. The Kier molecular flexibility index (Phi) is 7.33. The van der Waals surface area contributed by atoms with Crippen molar-refractivity contribution in [3.63, 3.8) is 0 Å². The number of likely N-dealkylation sites (tertiary alicyclic amines) is 1. The number of ether oxygens (including phenoxy) is 1. The van der Waals surface area contributed by atoms with Gasteiger partial charge in [0.25, 0.3) is 0 Å². The number of rotatable bonds is 5. The summed E-state index contributed by atoms with van der Waals surface area (Å²) in [6, 6.07) is 4.52. The van der Waals surface area contributed by atoms with Gasteiger partial charge in [0.05, 0.1) is 12.8 Å². The standard InChI is InChI=1S/C29H40N4O2S/c1-19-30-11-14-33(19)17-25(34)32-12-9-20(10-13-32)24-18-36-27(31-24)21-15-22(28(2,3)4)26(35-8)23(16-21)29(5,6)7/h11,14-16,18,20H,9-10,12-13,17H2,1-8H3. The number of hydrogen-bond acceptors (Lipinski definition) is 5. The number of hydrogen-bond donors (Lipinski definition) is 0. The number of aromatic nitrogens is 3. The van der Waals surface area contributed by atoms with Crippen molar-refractivity contribution < 1.29 is 9.53 Å². The fourth-order valence-electron chi connectivity index (χ4n) is 4.93. The van der Waals surface area contributed by atoms with Crippen molar-refractivity contribution in [3.05, 3.63) is 52.6 Å². The number of thiazole rings is 1. The first-order chi connectivity index (χ1) is 16.9. The van der Waals surface area contributed by atoms with E-state index in [0.29, 0.717) is 12.5 Å². The first-order valence-corrected chi connectivity index (χ1v) is 13.7. The summed E-state index contributed by atoms with van der Waals surface area (Å²) < 4.78 is 7.85. The molecule has 1 aromatic carbocycles. The number of piperidine rings is 1. The number of nitrogens with zero attached hydrogens (tertiary/aromatic N) is 4. The second kappa shape index (κ2) is 10.0. The highest BCUT2D eigenvalue weighted by Gasteiger charge is 2.29. The summed E-state index contributed by atoms with van der Waals surface area (Å²) in [5.41, 5.74) is 4.64. The molecule has 0 aliphatic carbocycles. The van der Waals surface area contributed by atoms with Crippen molar-refractivity contribution in [3.8, 4) is 16.3 Å². The predicted molar refractivity (Wildman–Crippen MR) is 147 cm³/mol. The van der Waals surface area contributed by atoms with Gasteiger partial charge in [-0.1, -0.05) is 41.5 Å². The molecule has 0 bridgehead atoms. The molecule has 1 saturated heterocycles. The van der Waals surface area contributed by atoms with E-state index < -0.39 is 0 Å². The molecule has 194 valence electrons. The topological polar surface area (TPSA) is 60.2 Å². The Hall–Kier alpha value is -2.67. The zero-order valence-corrected chi connectivity index (χ0v) is 23.8. The van der Waals surface area contributed by atoms with Crippen LogP contribution in [0.2, 0.25) is 0 Å². The molecule has 1 aliphatic heterocycles. The van der Waals surface area contributed by atoms with Gasteiger partial charge in [-0.05, 0) is 42.7 Å². The summed E-state index contributed by atoms with van der Waals surface area (Å²) in [7, 11) is 1.77. The molecule has 1 aliphatic rings. The van der Waals surface area contributed by atoms with Gasteiger partial charge in [0, 0.05) is 53.5 Å². The third-order valence-electron chi connectivity index (χ3n) is 7.17. The minimum absolute atomic E-state index is 0.0456. The average molecular weight is 509 g/mol. The number of aryl methyl sites for hydroxylation is 1. The lowest BCUT2D eigenvalue weighted by molar-refractivity contribution is -0.132. The lowest BCUT2D eigenvalue weighted by Crippen LogP contribution is -2.39. The molecule has 0 atom stereocenters. The number of benzene rings is 1. The van der Waals surface area contributed by atoms with Crippen LogP contribution in [0.5, 0.6) is 5.75 Å². The molecule has 2 aromatic heterocycles. The van der Waals surface area contributed by atoms with Gasteiger partial charge in [-0.3, -0.25) is 4.79 Å². The predicted octanol–water partition coefficient (Wildman–Crippen LogP) is 6.32. The largest absolute Gasteiger partial charge is 0.496 e. The van der Waals surface area contributed by atoms with Crippen molar-refractivity contribution in [2.24, 2.45) is 0 Å². The van der Waals surface area contributed by atoms with Crippen LogP contribution in [0.15, 0.2) is 29.9 Å². The van der Waals surface area contributed by atoms with Crippen molar-refractivity contribution in [2.75, 3.05) is 20.2 Å². The first kappa shape index (κ1) is 26.4. The Labute approximate surface area is 219 Å². The second-order valence-electron chi connectivity index (χ2n) is 11.9. The molecule has 7 heteroatoms. The van der Waals surface area contributed by atoms with Gasteiger partial charge in [0.1, 0.15) is 23.1 Å². The van der Waals surface area contributed by atoms with E-state index in [1.807, 2.05) is 22.6 Å². The fraction of sp³-hybridized carbons (Fsp3) is 0.552. The van der Waals surface area contributed by atoms with Crippen LogP contribution in [-0.2, 0) is 22.2 Å². The number of imidazole rings is 1. The number of carbonyl (C=O) groups excluding carboxylic acids is 1. The lowest BCUT2D eigenvalue weighted by Gasteiger charge is -2.31. The normalized spacial score (nSPS) is 15.4. The summed E-state index contributed by atoms with van der Waals surface area (Å²) in [6.07, 6.45) is 5.50. The smallest absolute Gasteiger partial charge is 0.242 e. The van der Waals surface area contributed by atoms with Crippen LogP contribution in [0.3, 0.4) is 0 Å². The van der Waals surface area contributed by atoms with Gasteiger partial charge in [0.2, 0.25) is 5.91 Å². The summed E-state index contributed by atoms with van der Waals surface area (Å²) in [4.78, 5) is 24.1. The van der Waals surface area contributed by atoms with Crippen molar-refractivity contribution >= 4 is 17.2 Å². The van der Waals surface area contributed by atoms with E-state index in [9.17, 15) is 4.79 Å². The van der Waals surface area contributed by atoms with Crippen molar-refractivity contribution in [1.29, 1.82) is 0 Å². The Morgan fingerprint density at radius 3 is 2.19 bits per heavy atom. The van der Waals surface area contributed by atoms with Gasteiger partial charge in [-0.2, -0.15) is 0 Å². The molecule has 1 amide bonds. The van der Waals surface area contributed by atoms with Crippen molar-refractivity contribution in [1.82, 2.24) is 19.4 Å². The van der Waals surface area contributed by atoms with Gasteiger partial charge in [-0.15, -0.1) is 11.3 Å². The Balaban J connectivity index is 1.52. The van der Waals surface area contributed by atoms with Crippen LogP contribution in [0.4, 0.5) is 0 Å². The highest BCUT2D eigenvalue weighted by molar-refractivity contribution is 7.13. The van der Waals surface area contributed by atoms with Crippen LogP contribution in [0.25, 0.3) is 10.6 Å². The van der Waals surface area contributed by atoms with Crippen LogP contribution in [0.1, 0.15) is 82.9 Å². The summed E-state index contributed by atoms with van der Waals surface area (Å²) in [6.45, 7) is 17.2. The first-order valence-electron chi connectivity index (χ1n) is 12.8. The monoisotopic (exact) mass is 508 g/mol. The minimum atomic E-state index is -0.0456. The second-order valence-corrected chi connectivity index (χ2v) is 12.8. The van der Waals surface area contributed by atoms with Gasteiger partial charge >= 0.3 is 0 Å². The number of carbonyl (C=O) groups is 1. The zero-order chi connectivity index (χ0) is 26.3. The van der Waals surface area contributed by atoms with E-state index in [1.54, 1.807) is 24.6 Å². The minimum Gasteiger partial charge on any atom is -0.496 e. The van der Waals surface area contributed by atoms with Gasteiger partial charge < -0.3 is 14.2 Å². The third-order valence-corrected chi connectivity index (χ3v) is 8.08. The van der Waals surface area contributed by atoms with Crippen LogP contribution >= 0.6 is 11.3 Å². The molecule has 1 fully saturated rings. The summed E-state index contributed by atoms with van der Waals surface area (Å²) >= 11 is 1.72. The SMILES string of the molecule is COc1c(C(C)(C)C)cc(-c2nc(C3CCN(C(=O)Cn4ccnc4C)CC3)cs2)cc1C(C)(C)C. The maximum Gasteiger partial charge on any atom is 0.242 e. The van der Waals surface area contributed by atoms with Crippen LogP contribution < -0.4 is 4.74 Å². The van der Waals surface area contributed by atoms with E-state index in [1.165, 1.54) is 11.1 Å². The van der Waals surface area contributed by atoms with E-state index in [-0.39, 0.29) is 16.7 Å². The Morgan fingerprint density at radius 1 is 1.08 bits per heavy atom. The Morgan fingerprint density at radius 2 is 1.69 bits per heavy atom. The molecule has 0 spiro atoms. The van der Waals surface area contributed by atoms with E-state index >= 15 is 0 Å². The molecule has 36 heavy (non-hydrogen) atoms. The van der Waals surface area contributed by atoms with E-state index in [0.717, 1.165) is 53.8 Å². The molecule has 0 N–H and O–H groups in total. The van der Waals surface area contributed by atoms with Crippen molar-refractivity contribution in [2.45, 2.75) is 84.6 Å². The quantitative estimate of drug-likeness (QED) is 0.404. The highest BCUT2D eigenvalue weighted by Crippen LogP contribution is 2.43. The lowest BCUT2D eigenvalue weighted by atomic mass is 9.78. The molecule has 0 radical (unpaired) electrons. The fourth-order valence-corrected chi connectivity index (χ4v) is 5.82. The van der Waals surface area contributed by atoms with E-state index in [2.05, 4.69) is 64.0 Å². The van der Waals surface area contributed by atoms with Gasteiger partial charge in [-0.25, -0.2) is 9.97 Å². The molecule has 0 unspecified atom stereocenters. The Bertz CT molecular complexity index is 1190. The molecule has 4 rings (SSSR count). The van der Waals surface area contributed by atoms with Crippen LogP contribution in [0, 0.1) is 6.92 Å². The summed E-state index contributed by atoms with van der Waals surface area (Å²) in [5.74, 6) is 2.40. The third kappa shape index (κ3) is 5.51. The molecule has 3 heterocycles. The maximum atomic E-state index is 12.8. The molecule has 6 nitrogen and oxygen atoms in total. The highest BCUT2D eigenvalue weighted by atomic mass is 32.1. The number of methoxy groups -OCH3 is 1. The molecular weight excluding hydrogens is 468 g/mol. The summed E-state index contributed by atoms with van der Waals surface area (Å²) in [5, 5.41) is 3.27. The maximum absolute atomic E-state index is 12.8. The van der Waals surface area contributed by atoms with E-state index in [4.69, 9.17) is 9.72 Å². The zero-order valence-electron chi connectivity index (χ0n) is 23.0. The number of amides is 1.